The maximum absolute atomic E-state index is 12.0. The van der Waals surface area contributed by atoms with Crippen LogP contribution in [0.25, 0.3) is 16.1 Å². The smallest absolute Gasteiger partial charge is 0.308 e. The van der Waals surface area contributed by atoms with E-state index in [0.29, 0.717) is 11.6 Å². The first-order valence-corrected chi connectivity index (χ1v) is 12.2. The second-order valence-electron chi connectivity index (χ2n) is 9.03. The average molecular weight is 487 g/mol. The van der Waals surface area contributed by atoms with E-state index >= 15 is 0 Å². The number of nitrogens with zero attached hydrogens (tertiary/aromatic N) is 4. The third-order valence-electron chi connectivity index (χ3n) is 6.73. The molecule has 0 saturated heterocycles. The van der Waals surface area contributed by atoms with Crippen molar-refractivity contribution < 1.29 is 15.0 Å². The van der Waals surface area contributed by atoms with Crippen LogP contribution in [0.4, 0.5) is 0 Å². The SMILES string of the molecule is Cc1cc(O)ccc1-c1ccc(C2=N[C@@H](C(C)C(=O)O)c3nnc(C)n3-c3sc(C)c(C)c32)cc1. The molecule has 1 aliphatic rings. The van der Waals surface area contributed by atoms with Gasteiger partial charge in [-0.1, -0.05) is 30.3 Å². The minimum absolute atomic E-state index is 0.243. The number of carbonyl (C=O) groups is 1. The number of carboxylic acids is 1. The molecule has 0 saturated carbocycles. The van der Waals surface area contributed by atoms with Gasteiger partial charge in [0.15, 0.2) is 5.82 Å². The Morgan fingerprint density at radius 1 is 1.03 bits per heavy atom. The van der Waals surface area contributed by atoms with E-state index in [1.54, 1.807) is 30.4 Å². The van der Waals surface area contributed by atoms with Gasteiger partial charge in [-0.25, -0.2) is 0 Å². The Balaban J connectivity index is 1.71. The van der Waals surface area contributed by atoms with Crippen molar-refractivity contribution in [2.24, 2.45) is 10.9 Å². The molecule has 35 heavy (non-hydrogen) atoms. The zero-order valence-electron chi connectivity index (χ0n) is 20.2. The second kappa shape index (κ2) is 8.46. The lowest BCUT2D eigenvalue weighted by atomic mass is 9.95. The molecule has 0 amide bonds. The maximum Gasteiger partial charge on any atom is 0.308 e. The van der Waals surface area contributed by atoms with Crippen molar-refractivity contribution in [3.8, 4) is 21.9 Å². The Kier molecular flexibility index (Phi) is 5.56. The van der Waals surface area contributed by atoms with E-state index in [1.165, 1.54) is 4.88 Å². The zero-order valence-corrected chi connectivity index (χ0v) is 21.0. The van der Waals surface area contributed by atoms with Crippen LogP contribution in [0.5, 0.6) is 5.75 Å². The summed E-state index contributed by atoms with van der Waals surface area (Å²) in [6, 6.07) is 12.8. The number of aryl methyl sites for hydroxylation is 3. The van der Waals surface area contributed by atoms with E-state index in [0.717, 1.165) is 44.1 Å². The van der Waals surface area contributed by atoms with Gasteiger partial charge in [-0.3, -0.25) is 14.4 Å². The van der Waals surface area contributed by atoms with Crippen LogP contribution in [0.15, 0.2) is 47.5 Å². The third-order valence-corrected chi connectivity index (χ3v) is 7.92. The number of aliphatic imine (C=N–C) groups is 1. The summed E-state index contributed by atoms with van der Waals surface area (Å²) in [6.07, 6.45) is 0. The van der Waals surface area contributed by atoms with E-state index in [-0.39, 0.29) is 5.75 Å². The molecule has 2 aromatic heterocycles. The number of phenolic OH excluding ortho intramolecular Hbond substituents is 1. The predicted octanol–water partition coefficient (Wildman–Crippen LogP) is 5.55. The molecule has 2 N–H and O–H groups in total. The minimum Gasteiger partial charge on any atom is -0.508 e. The molecular weight excluding hydrogens is 460 g/mol. The molecule has 0 aliphatic carbocycles. The van der Waals surface area contributed by atoms with Crippen LogP contribution >= 0.6 is 11.3 Å². The third kappa shape index (κ3) is 3.74. The fraction of sp³-hybridized carbons (Fsp3) is 0.259. The maximum atomic E-state index is 12.0. The molecule has 1 aliphatic heterocycles. The van der Waals surface area contributed by atoms with Crippen molar-refractivity contribution in [3.05, 3.63) is 81.2 Å². The fourth-order valence-corrected chi connectivity index (χ4v) is 5.81. The van der Waals surface area contributed by atoms with Crippen LogP contribution in [0.1, 0.15) is 51.7 Å². The topological polar surface area (TPSA) is 101 Å². The van der Waals surface area contributed by atoms with E-state index in [2.05, 4.69) is 24.0 Å². The molecule has 4 aromatic rings. The average Bonchev–Trinajstić information content (AvgIpc) is 3.28. The first-order chi connectivity index (χ1) is 16.7. The highest BCUT2D eigenvalue weighted by Crippen LogP contribution is 2.41. The van der Waals surface area contributed by atoms with Gasteiger partial charge in [0.05, 0.1) is 11.6 Å². The summed E-state index contributed by atoms with van der Waals surface area (Å²) >= 11 is 1.65. The van der Waals surface area contributed by atoms with E-state index in [1.807, 2.05) is 48.7 Å². The molecule has 2 atom stereocenters. The molecule has 5 rings (SSSR count). The van der Waals surface area contributed by atoms with Gasteiger partial charge in [-0.2, -0.15) is 0 Å². The number of rotatable bonds is 4. The summed E-state index contributed by atoms with van der Waals surface area (Å²) in [4.78, 5) is 18.2. The lowest BCUT2D eigenvalue weighted by Crippen LogP contribution is -2.21. The first-order valence-electron chi connectivity index (χ1n) is 11.4. The van der Waals surface area contributed by atoms with E-state index < -0.39 is 17.9 Å². The predicted molar refractivity (Wildman–Crippen MR) is 137 cm³/mol. The summed E-state index contributed by atoms with van der Waals surface area (Å²) in [7, 11) is 0. The largest absolute Gasteiger partial charge is 0.508 e. The van der Waals surface area contributed by atoms with Gasteiger partial charge >= 0.3 is 5.97 Å². The molecule has 0 radical (unpaired) electrons. The Morgan fingerprint density at radius 3 is 2.37 bits per heavy atom. The van der Waals surface area contributed by atoms with Crippen LogP contribution in [0.2, 0.25) is 0 Å². The monoisotopic (exact) mass is 486 g/mol. The van der Waals surface area contributed by atoms with Gasteiger partial charge in [-0.05, 0) is 69.0 Å². The highest BCUT2D eigenvalue weighted by atomic mass is 32.1. The summed E-state index contributed by atoms with van der Waals surface area (Å²) in [5.74, 6) is -0.207. The van der Waals surface area contributed by atoms with Crippen molar-refractivity contribution in [3.63, 3.8) is 0 Å². The number of carboxylic acid groups (broad SMARTS) is 1. The number of aromatic hydroxyl groups is 1. The van der Waals surface area contributed by atoms with Gasteiger partial charge < -0.3 is 10.2 Å². The molecule has 0 fully saturated rings. The molecule has 2 aromatic carbocycles. The van der Waals surface area contributed by atoms with Gasteiger partial charge in [0.1, 0.15) is 22.6 Å². The van der Waals surface area contributed by atoms with Crippen molar-refractivity contribution >= 4 is 23.0 Å². The summed E-state index contributed by atoms with van der Waals surface area (Å²) in [6.45, 7) is 9.68. The number of aromatic nitrogens is 3. The molecule has 0 spiro atoms. The summed E-state index contributed by atoms with van der Waals surface area (Å²) in [5, 5.41) is 29.2. The molecule has 8 heteroatoms. The number of hydrogen-bond acceptors (Lipinski definition) is 6. The van der Waals surface area contributed by atoms with Gasteiger partial charge in [-0.15, -0.1) is 21.5 Å². The number of phenols is 1. The Bertz CT molecular complexity index is 1500. The van der Waals surface area contributed by atoms with Crippen LogP contribution in [-0.2, 0) is 4.79 Å². The number of aliphatic carboxylic acids is 1. The summed E-state index contributed by atoms with van der Waals surface area (Å²) < 4.78 is 1.97. The number of thiophene rings is 1. The van der Waals surface area contributed by atoms with E-state index in [9.17, 15) is 15.0 Å². The first kappa shape index (κ1) is 23.0. The minimum atomic E-state index is -0.929. The van der Waals surface area contributed by atoms with Gasteiger partial charge in [0.2, 0.25) is 0 Å². The second-order valence-corrected chi connectivity index (χ2v) is 10.2. The lowest BCUT2D eigenvalue weighted by molar-refractivity contribution is -0.141. The van der Waals surface area contributed by atoms with Crippen molar-refractivity contribution in [1.82, 2.24) is 14.8 Å². The molecule has 3 heterocycles. The van der Waals surface area contributed by atoms with Crippen LogP contribution in [0.3, 0.4) is 0 Å². The Morgan fingerprint density at radius 2 is 1.71 bits per heavy atom. The molecule has 178 valence electrons. The number of hydrogen-bond donors (Lipinski definition) is 2. The highest BCUT2D eigenvalue weighted by Gasteiger charge is 2.36. The number of benzene rings is 2. The van der Waals surface area contributed by atoms with E-state index in [4.69, 9.17) is 4.99 Å². The lowest BCUT2D eigenvalue weighted by Gasteiger charge is -2.16. The van der Waals surface area contributed by atoms with Crippen molar-refractivity contribution in [2.75, 3.05) is 0 Å². The van der Waals surface area contributed by atoms with Gasteiger partial charge in [0, 0.05) is 16.0 Å². The Hall–Kier alpha value is -3.78. The van der Waals surface area contributed by atoms with Crippen LogP contribution in [0, 0.1) is 33.6 Å². The molecule has 1 unspecified atom stereocenters. The standard InChI is InChI=1S/C27H26N4O3S/c1-13-12-20(32)10-11-21(13)18-6-8-19(9-7-18)24-22-14(2)16(4)35-26(22)31-17(5)29-30-25(31)23(28-24)15(3)27(33)34/h6-12,15,23,32H,1-5H3,(H,33,34)/t15?,23-/m0/s1. The molecule has 7 nitrogen and oxygen atoms in total. The molecule has 0 bridgehead atoms. The van der Waals surface area contributed by atoms with Gasteiger partial charge in [0.25, 0.3) is 0 Å². The van der Waals surface area contributed by atoms with Crippen molar-refractivity contribution in [2.45, 2.75) is 40.7 Å². The fourth-order valence-electron chi connectivity index (χ4n) is 4.60. The summed E-state index contributed by atoms with van der Waals surface area (Å²) in [5.41, 5.74) is 6.84. The zero-order chi connectivity index (χ0) is 25.0. The normalized spacial score (nSPS) is 15.7. The highest BCUT2D eigenvalue weighted by molar-refractivity contribution is 7.15. The van der Waals surface area contributed by atoms with Crippen LogP contribution < -0.4 is 0 Å². The molecular formula is C27H26N4O3S. The number of fused-ring (bicyclic) bond motifs is 3. The van der Waals surface area contributed by atoms with Crippen molar-refractivity contribution in [1.29, 1.82) is 0 Å². The quantitative estimate of drug-likeness (QED) is 0.394. The van der Waals surface area contributed by atoms with Crippen LogP contribution in [-0.4, -0.2) is 36.7 Å². The Labute approximate surface area is 207 Å².